The molecular weight excluding hydrogens is 384 g/mol. The highest BCUT2D eigenvalue weighted by molar-refractivity contribution is 5.92. The van der Waals surface area contributed by atoms with Gasteiger partial charge in [-0.1, -0.05) is 32.9 Å². The lowest BCUT2D eigenvalue weighted by Gasteiger charge is -2.32. The van der Waals surface area contributed by atoms with Crippen LogP contribution < -0.4 is 5.43 Å². The first-order chi connectivity index (χ1) is 14.2. The van der Waals surface area contributed by atoms with E-state index >= 15 is 0 Å². The van der Waals surface area contributed by atoms with Crippen molar-refractivity contribution in [3.63, 3.8) is 0 Å². The van der Waals surface area contributed by atoms with Gasteiger partial charge in [-0.2, -0.15) is 5.10 Å². The van der Waals surface area contributed by atoms with Gasteiger partial charge in [0.25, 0.3) is 11.6 Å². The van der Waals surface area contributed by atoms with Crippen LogP contribution >= 0.6 is 0 Å². The molecule has 1 saturated heterocycles. The van der Waals surface area contributed by atoms with E-state index in [1.807, 2.05) is 0 Å². The fourth-order valence-electron chi connectivity index (χ4n) is 4.10. The van der Waals surface area contributed by atoms with Crippen molar-refractivity contribution in [1.82, 2.24) is 14.7 Å². The third kappa shape index (κ3) is 4.27. The zero-order valence-electron chi connectivity index (χ0n) is 17.9. The van der Waals surface area contributed by atoms with Crippen molar-refractivity contribution in [2.45, 2.75) is 53.0 Å². The molecule has 1 amide bonds. The molecule has 2 atom stereocenters. The van der Waals surface area contributed by atoms with Crippen LogP contribution in [-0.2, 0) is 0 Å². The van der Waals surface area contributed by atoms with Crippen molar-refractivity contribution in [3.8, 4) is 5.69 Å². The molecule has 2 aromatic rings. The van der Waals surface area contributed by atoms with E-state index in [1.54, 1.807) is 30.0 Å². The maximum absolute atomic E-state index is 13.4. The summed E-state index contributed by atoms with van der Waals surface area (Å²) in [5.41, 5.74) is -0.153. The Morgan fingerprint density at radius 2 is 1.93 bits per heavy atom. The molecule has 1 fully saturated rings. The molecule has 2 heterocycles. The summed E-state index contributed by atoms with van der Waals surface area (Å²) >= 11 is 0. The van der Waals surface area contributed by atoms with E-state index in [0.29, 0.717) is 18.2 Å². The van der Waals surface area contributed by atoms with E-state index in [9.17, 15) is 19.7 Å². The molecule has 0 aliphatic carbocycles. The van der Waals surface area contributed by atoms with Crippen molar-refractivity contribution in [2.24, 2.45) is 11.8 Å². The minimum Gasteiger partial charge on any atom is -0.334 e. The molecule has 1 aliphatic rings. The number of likely N-dealkylation sites (tertiary alicyclic amines) is 1. The fraction of sp³-hybridized carbons (Fsp3) is 0.500. The van der Waals surface area contributed by atoms with Crippen LogP contribution in [0, 0.1) is 28.9 Å². The van der Waals surface area contributed by atoms with Gasteiger partial charge in [0, 0.05) is 30.4 Å². The molecular formula is C22H28N4O4. The monoisotopic (exact) mass is 412 g/mol. The highest BCUT2D eigenvalue weighted by Crippen LogP contribution is 2.27. The van der Waals surface area contributed by atoms with E-state index in [-0.39, 0.29) is 29.0 Å². The number of hydrogen-bond donors (Lipinski definition) is 0. The average molecular weight is 412 g/mol. The molecule has 160 valence electrons. The lowest BCUT2D eigenvalue weighted by Crippen LogP contribution is -2.45. The molecule has 30 heavy (non-hydrogen) atoms. The molecule has 1 aromatic heterocycles. The van der Waals surface area contributed by atoms with Crippen molar-refractivity contribution in [3.05, 3.63) is 62.1 Å². The second-order valence-electron chi connectivity index (χ2n) is 8.44. The molecule has 0 spiro atoms. The summed E-state index contributed by atoms with van der Waals surface area (Å²) in [5, 5.41) is 15.8. The summed E-state index contributed by atoms with van der Waals surface area (Å²) in [6.45, 7) is 8.55. The van der Waals surface area contributed by atoms with Gasteiger partial charge >= 0.3 is 0 Å². The van der Waals surface area contributed by atoms with E-state index in [1.165, 1.54) is 16.8 Å². The number of carbonyl (C=O) groups is 1. The Bertz CT molecular complexity index is 1010. The Morgan fingerprint density at radius 3 is 2.60 bits per heavy atom. The normalized spacial score (nSPS) is 19.6. The highest BCUT2D eigenvalue weighted by Gasteiger charge is 2.32. The third-order valence-corrected chi connectivity index (χ3v) is 5.87. The Hall–Kier alpha value is -3.03. The summed E-state index contributed by atoms with van der Waals surface area (Å²) in [7, 11) is 0. The van der Waals surface area contributed by atoms with E-state index in [4.69, 9.17) is 0 Å². The Morgan fingerprint density at radius 1 is 1.23 bits per heavy atom. The summed E-state index contributed by atoms with van der Waals surface area (Å²) in [6, 6.07) is 7.51. The smallest absolute Gasteiger partial charge is 0.294 e. The molecule has 0 bridgehead atoms. The van der Waals surface area contributed by atoms with Crippen LogP contribution in [0.4, 0.5) is 5.69 Å². The molecule has 1 aromatic carbocycles. The van der Waals surface area contributed by atoms with Crippen LogP contribution in [0.2, 0.25) is 0 Å². The number of aromatic nitrogens is 2. The zero-order chi connectivity index (χ0) is 22.0. The number of amides is 1. The van der Waals surface area contributed by atoms with Crippen molar-refractivity contribution >= 4 is 11.6 Å². The maximum Gasteiger partial charge on any atom is 0.294 e. The van der Waals surface area contributed by atoms with Gasteiger partial charge in [-0.15, -0.1) is 0 Å². The Kier molecular flexibility index (Phi) is 6.34. The van der Waals surface area contributed by atoms with Crippen molar-refractivity contribution in [2.75, 3.05) is 6.54 Å². The minimum atomic E-state index is -0.499. The van der Waals surface area contributed by atoms with Gasteiger partial charge < -0.3 is 4.90 Å². The molecule has 8 nitrogen and oxygen atoms in total. The molecule has 8 heteroatoms. The number of nitro groups is 1. The second kappa shape index (κ2) is 8.77. The van der Waals surface area contributed by atoms with Crippen LogP contribution in [0.5, 0.6) is 0 Å². The van der Waals surface area contributed by atoms with Gasteiger partial charge in [0.15, 0.2) is 5.69 Å². The first kappa shape index (κ1) is 21.7. The van der Waals surface area contributed by atoms with Crippen LogP contribution in [0.15, 0.2) is 35.1 Å². The fourth-order valence-corrected chi connectivity index (χ4v) is 4.10. The lowest BCUT2D eigenvalue weighted by atomic mass is 9.95. The summed E-state index contributed by atoms with van der Waals surface area (Å²) in [5.74, 6) is 0.362. The van der Waals surface area contributed by atoms with Gasteiger partial charge in [0.05, 0.1) is 4.92 Å². The van der Waals surface area contributed by atoms with E-state index in [0.717, 1.165) is 19.3 Å². The van der Waals surface area contributed by atoms with Gasteiger partial charge in [0.2, 0.25) is 5.43 Å². The van der Waals surface area contributed by atoms with Crippen LogP contribution in [0.25, 0.3) is 5.69 Å². The number of rotatable bonds is 4. The van der Waals surface area contributed by atoms with Crippen molar-refractivity contribution in [1.29, 1.82) is 0 Å². The number of aryl methyl sites for hydroxylation is 1. The molecule has 1 aliphatic heterocycles. The molecule has 0 radical (unpaired) electrons. The SMILES string of the molecule is Cc1cc(=O)c(C(=O)N2CCC(C)CCC2C(C)C)nn1-c1ccccc1[N+](=O)[O-]. The molecule has 2 unspecified atom stereocenters. The number of para-hydroxylation sites is 2. The first-order valence-electron chi connectivity index (χ1n) is 10.4. The topological polar surface area (TPSA) is 98.3 Å². The standard InChI is InChI=1S/C22H28N4O4/c1-14(2)17-10-9-15(3)11-12-24(17)22(28)21-20(27)13-16(4)25(23-21)18-7-5-6-8-19(18)26(29)30/h5-8,13-15,17H,9-12H2,1-4H3. The number of benzene rings is 1. The largest absolute Gasteiger partial charge is 0.334 e. The van der Waals surface area contributed by atoms with Gasteiger partial charge in [0.1, 0.15) is 5.69 Å². The number of nitrogens with zero attached hydrogens (tertiary/aromatic N) is 4. The predicted molar refractivity (Wildman–Crippen MR) is 114 cm³/mol. The lowest BCUT2D eigenvalue weighted by molar-refractivity contribution is -0.384. The van der Waals surface area contributed by atoms with E-state index < -0.39 is 16.3 Å². The summed E-state index contributed by atoms with van der Waals surface area (Å²) in [6.07, 6.45) is 2.79. The van der Waals surface area contributed by atoms with Gasteiger partial charge in [-0.3, -0.25) is 19.7 Å². The maximum atomic E-state index is 13.4. The quantitative estimate of drug-likeness (QED) is 0.563. The molecule has 3 rings (SSSR count). The van der Waals surface area contributed by atoms with Gasteiger partial charge in [-0.05, 0) is 44.1 Å². The third-order valence-electron chi connectivity index (χ3n) is 5.87. The first-order valence-corrected chi connectivity index (χ1v) is 10.4. The average Bonchev–Trinajstić information content (AvgIpc) is 2.89. The van der Waals surface area contributed by atoms with Gasteiger partial charge in [-0.25, -0.2) is 4.68 Å². The summed E-state index contributed by atoms with van der Waals surface area (Å²) in [4.78, 5) is 38.9. The number of carbonyl (C=O) groups excluding carboxylic acids is 1. The Balaban J connectivity index is 2.09. The minimum absolute atomic E-state index is 0.0319. The van der Waals surface area contributed by atoms with Crippen molar-refractivity contribution < 1.29 is 9.72 Å². The summed E-state index contributed by atoms with van der Waals surface area (Å²) < 4.78 is 1.32. The van der Waals surface area contributed by atoms with Crippen LogP contribution in [0.1, 0.15) is 56.2 Å². The number of hydrogen-bond acceptors (Lipinski definition) is 5. The Labute approximate surface area is 175 Å². The van der Waals surface area contributed by atoms with Crippen LogP contribution in [-0.4, -0.2) is 38.1 Å². The number of nitro benzene ring substituents is 1. The van der Waals surface area contributed by atoms with Crippen LogP contribution in [0.3, 0.4) is 0 Å². The second-order valence-corrected chi connectivity index (χ2v) is 8.44. The predicted octanol–water partition coefficient (Wildman–Crippen LogP) is 3.74. The van der Waals surface area contributed by atoms with E-state index in [2.05, 4.69) is 25.9 Å². The molecule has 0 saturated carbocycles. The zero-order valence-corrected chi connectivity index (χ0v) is 17.9. The molecule has 0 N–H and O–H groups in total. The highest BCUT2D eigenvalue weighted by atomic mass is 16.6.